The molecule has 1 aromatic rings. The highest BCUT2D eigenvalue weighted by Crippen LogP contribution is 2.27. The fourth-order valence-electron chi connectivity index (χ4n) is 2.74. The van der Waals surface area contributed by atoms with E-state index in [1.165, 1.54) is 23.4 Å². The molecule has 4 nitrogen and oxygen atoms in total. The maximum Gasteiger partial charge on any atom is 0.139 e. The predicted molar refractivity (Wildman–Crippen MR) is 80.2 cm³/mol. The molecule has 104 valence electrons. The minimum Gasteiger partial charge on any atom is -0.379 e. The lowest BCUT2D eigenvalue weighted by Gasteiger charge is -2.25. The molecule has 1 fully saturated rings. The Labute approximate surface area is 118 Å². The van der Waals surface area contributed by atoms with Gasteiger partial charge in [0.2, 0.25) is 0 Å². The largest absolute Gasteiger partial charge is 0.379 e. The van der Waals surface area contributed by atoms with Gasteiger partial charge in [-0.05, 0) is 26.4 Å². The third kappa shape index (κ3) is 2.99. The van der Waals surface area contributed by atoms with E-state index in [2.05, 4.69) is 29.2 Å². The monoisotopic (exact) mass is 278 g/mol. The Kier molecular flexibility index (Phi) is 3.86. The third-order valence-corrected chi connectivity index (χ3v) is 5.00. The SMILES string of the molecule is C=C(N[C@H]1CCCNC1)c1nc2c(s1)CN(C)CC2. The van der Waals surface area contributed by atoms with Gasteiger partial charge in [-0.1, -0.05) is 6.58 Å². The van der Waals surface area contributed by atoms with E-state index < -0.39 is 0 Å². The number of rotatable bonds is 3. The van der Waals surface area contributed by atoms with Crippen molar-refractivity contribution in [2.24, 2.45) is 0 Å². The van der Waals surface area contributed by atoms with Crippen LogP contribution in [0.25, 0.3) is 5.70 Å². The van der Waals surface area contributed by atoms with Crippen LogP contribution in [0, 0.1) is 0 Å². The minimum absolute atomic E-state index is 0.504. The van der Waals surface area contributed by atoms with Gasteiger partial charge in [-0.25, -0.2) is 4.98 Å². The molecular weight excluding hydrogens is 256 g/mol. The van der Waals surface area contributed by atoms with Gasteiger partial charge >= 0.3 is 0 Å². The summed E-state index contributed by atoms with van der Waals surface area (Å²) >= 11 is 1.80. The first-order chi connectivity index (χ1) is 9.22. The van der Waals surface area contributed by atoms with Gasteiger partial charge in [0.05, 0.1) is 11.4 Å². The summed E-state index contributed by atoms with van der Waals surface area (Å²) in [4.78, 5) is 8.52. The molecule has 19 heavy (non-hydrogen) atoms. The van der Waals surface area contributed by atoms with Crippen LogP contribution in [0.5, 0.6) is 0 Å². The molecule has 0 radical (unpaired) electrons. The van der Waals surface area contributed by atoms with Crippen molar-refractivity contribution in [3.63, 3.8) is 0 Å². The fourth-order valence-corrected chi connectivity index (χ4v) is 3.86. The average molecular weight is 278 g/mol. The summed E-state index contributed by atoms with van der Waals surface area (Å²) in [5.74, 6) is 0. The minimum atomic E-state index is 0.504. The Balaban J connectivity index is 1.66. The summed E-state index contributed by atoms with van der Waals surface area (Å²) in [6.07, 6.45) is 3.53. The number of likely N-dealkylation sites (N-methyl/N-ethyl adjacent to an activating group) is 1. The summed E-state index contributed by atoms with van der Waals surface area (Å²) < 4.78 is 0. The standard InChI is InChI=1S/C14H22N4S/c1-10(16-11-4-3-6-15-8-11)14-17-12-5-7-18(2)9-13(12)19-14/h11,15-16H,1,3-9H2,2H3/t11-/m0/s1. The number of piperidine rings is 1. The van der Waals surface area contributed by atoms with E-state index in [0.717, 1.165) is 43.3 Å². The third-order valence-electron chi connectivity index (χ3n) is 3.86. The molecule has 2 N–H and O–H groups in total. The van der Waals surface area contributed by atoms with Crippen LogP contribution in [0.3, 0.4) is 0 Å². The van der Waals surface area contributed by atoms with E-state index in [9.17, 15) is 0 Å². The fraction of sp³-hybridized carbons (Fsp3) is 0.643. The highest BCUT2D eigenvalue weighted by atomic mass is 32.1. The quantitative estimate of drug-likeness (QED) is 0.878. The summed E-state index contributed by atoms with van der Waals surface area (Å²) in [6, 6.07) is 0.504. The molecule has 3 heterocycles. The zero-order valence-corrected chi connectivity index (χ0v) is 12.4. The van der Waals surface area contributed by atoms with E-state index in [-0.39, 0.29) is 0 Å². The number of hydrogen-bond acceptors (Lipinski definition) is 5. The second kappa shape index (κ2) is 5.61. The number of nitrogens with one attached hydrogen (secondary N) is 2. The van der Waals surface area contributed by atoms with Gasteiger partial charge in [0, 0.05) is 37.0 Å². The van der Waals surface area contributed by atoms with Crippen LogP contribution in [-0.2, 0) is 13.0 Å². The van der Waals surface area contributed by atoms with E-state index >= 15 is 0 Å². The molecule has 0 amide bonds. The van der Waals surface area contributed by atoms with Gasteiger partial charge in [-0.3, -0.25) is 0 Å². The molecule has 0 aliphatic carbocycles. The predicted octanol–water partition coefficient (Wildman–Crippen LogP) is 1.44. The summed E-state index contributed by atoms with van der Waals surface area (Å²) in [5.41, 5.74) is 2.28. The first kappa shape index (κ1) is 13.1. The van der Waals surface area contributed by atoms with Gasteiger partial charge in [-0.2, -0.15) is 0 Å². The van der Waals surface area contributed by atoms with Crippen LogP contribution < -0.4 is 10.6 Å². The molecular formula is C14H22N4S. The van der Waals surface area contributed by atoms with Gasteiger partial charge in [0.1, 0.15) is 5.01 Å². The number of thiazole rings is 1. The second-order valence-corrected chi connectivity index (χ2v) is 6.63. The summed E-state index contributed by atoms with van der Waals surface area (Å²) in [6.45, 7) is 8.50. The maximum atomic E-state index is 4.76. The van der Waals surface area contributed by atoms with E-state index in [1.54, 1.807) is 11.3 Å². The first-order valence-electron chi connectivity index (χ1n) is 7.06. The number of hydrogen-bond donors (Lipinski definition) is 2. The molecule has 1 atom stereocenters. The van der Waals surface area contributed by atoms with Crippen molar-refractivity contribution in [2.75, 3.05) is 26.7 Å². The topological polar surface area (TPSA) is 40.2 Å². The molecule has 1 saturated heterocycles. The molecule has 0 spiro atoms. The van der Waals surface area contributed by atoms with Gasteiger partial charge in [0.25, 0.3) is 0 Å². The van der Waals surface area contributed by atoms with E-state index in [1.807, 2.05) is 0 Å². The molecule has 2 aliphatic rings. The van der Waals surface area contributed by atoms with Crippen LogP contribution in [0.4, 0.5) is 0 Å². The van der Waals surface area contributed by atoms with Gasteiger partial charge in [-0.15, -0.1) is 11.3 Å². The maximum absolute atomic E-state index is 4.76. The van der Waals surface area contributed by atoms with Gasteiger partial charge in [0.15, 0.2) is 0 Å². The first-order valence-corrected chi connectivity index (χ1v) is 7.87. The van der Waals surface area contributed by atoms with Crippen LogP contribution >= 0.6 is 11.3 Å². The number of aromatic nitrogens is 1. The van der Waals surface area contributed by atoms with Crippen molar-refractivity contribution in [3.05, 3.63) is 22.2 Å². The molecule has 0 unspecified atom stereocenters. The normalized spacial score (nSPS) is 23.9. The van der Waals surface area contributed by atoms with Crippen molar-refractivity contribution in [1.29, 1.82) is 0 Å². The van der Waals surface area contributed by atoms with Crippen molar-refractivity contribution in [3.8, 4) is 0 Å². The van der Waals surface area contributed by atoms with Crippen LogP contribution in [0.15, 0.2) is 6.58 Å². The lowest BCUT2D eigenvalue weighted by Crippen LogP contribution is -2.42. The molecule has 5 heteroatoms. The average Bonchev–Trinajstić information content (AvgIpc) is 2.83. The molecule has 0 bridgehead atoms. The zero-order chi connectivity index (χ0) is 13.2. The molecule has 0 saturated carbocycles. The van der Waals surface area contributed by atoms with Crippen molar-refractivity contribution in [1.82, 2.24) is 20.5 Å². The Morgan fingerprint density at radius 3 is 3.26 bits per heavy atom. The lowest BCUT2D eigenvalue weighted by atomic mass is 10.1. The smallest absolute Gasteiger partial charge is 0.139 e. The molecule has 1 aromatic heterocycles. The Bertz CT molecular complexity index is 462. The zero-order valence-electron chi connectivity index (χ0n) is 11.5. The highest BCUT2D eigenvalue weighted by molar-refractivity contribution is 7.12. The second-order valence-electron chi connectivity index (χ2n) is 5.54. The van der Waals surface area contributed by atoms with E-state index in [4.69, 9.17) is 4.98 Å². The number of nitrogens with zero attached hydrogens (tertiary/aromatic N) is 2. The van der Waals surface area contributed by atoms with Crippen molar-refractivity contribution in [2.45, 2.75) is 31.8 Å². The lowest BCUT2D eigenvalue weighted by molar-refractivity contribution is 0.314. The summed E-state index contributed by atoms with van der Waals surface area (Å²) in [5, 5.41) is 8.03. The van der Waals surface area contributed by atoms with E-state index in [0.29, 0.717) is 6.04 Å². The van der Waals surface area contributed by atoms with Crippen LogP contribution in [-0.4, -0.2) is 42.6 Å². The Morgan fingerprint density at radius 2 is 2.47 bits per heavy atom. The Morgan fingerprint density at radius 1 is 1.58 bits per heavy atom. The highest BCUT2D eigenvalue weighted by Gasteiger charge is 2.20. The number of fused-ring (bicyclic) bond motifs is 1. The summed E-state index contributed by atoms with van der Waals surface area (Å²) in [7, 11) is 2.17. The van der Waals surface area contributed by atoms with Crippen molar-refractivity contribution < 1.29 is 0 Å². The Hall–Kier alpha value is -0.910. The molecule has 3 rings (SSSR count). The van der Waals surface area contributed by atoms with Gasteiger partial charge < -0.3 is 15.5 Å². The van der Waals surface area contributed by atoms with Crippen LogP contribution in [0.1, 0.15) is 28.4 Å². The molecule has 0 aromatic carbocycles. The van der Waals surface area contributed by atoms with Crippen LogP contribution in [0.2, 0.25) is 0 Å². The molecule has 2 aliphatic heterocycles. The van der Waals surface area contributed by atoms with Crippen molar-refractivity contribution >= 4 is 17.0 Å².